The molecule has 0 radical (unpaired) electrons. The Kier molecular flexibility index (Phi) is 5.68. The van der Waals surface area contributed by atoms with Crippen LogP contribution in [0.3, 0.4) is 0 Å². The van der Waals surface area contributed by atoms with Crippen molar-refractivity contribution >= 4 is 11.6 Å². The second-order valence-corrected chi connectivity index (χ2v) is 7.44. The van der Waals surface area contributed by atoms with Crippen molar-refractivity contribution in [1.82, 2.24) is 0 Å². The van der Waals surface area contributed by atoms with Gasteiger partial charge in [-0.05, 0) is 48.2 Å². The van der Waals surface area contributed by atoms with Crippen LogP contribution < -0.4 is 14.8 Å². The number of nitrogens with zero attached hydrogens (tertiary/aromatic N) is 1. The molecule has 6 heteroatoms. The van der Waals surface area contributed by atoms with E-state index in [1.807, 2.05) is 30.3 Å². The molecule has 0 unspecified atom stereocenters. The van der Waals surface area contributed by atoms with Gasteiger partial charge in [0, 0.05) is 24.4 Å². The number of benzene rings is 2. The minimum absolute atomic E-state index is 0.0107. The number of anilines is 1. The minimum Gasteiger partial charge on any atom is -0.493 e. The molecule has 0 atom stereocenters. The number of hydrogen-bond acceptors (Lipinski definition) is 5. The smallest absolute Gasteiger partial charge is 0.227 e. The van der Waals surface area contributed by atoms with Gasteiger partial charge in [0.25, 0.3) is 0 Å². The summed E-state index contributed by atoms with van der Waals surface area (Å²) in [6, 6.07) is 13.5. The molecule has 0 spiro atoms. The van der Waals surface area contributed by atoms with Gasteiger partial charge in [0.1, 0.15) is 12.2 Å². The monoisotopic (exact) mass is 392 g/mol. The lowest BCUT2D eigenvalue weighted by Gasteiger charge is -2.25. The van der Waals surface area contributed by atoms with E-state index in [-0.39, 0.29) is 17.9 Å². The van der Waals surface area contributed by atoms with Gasteiger partial charge in [-0.2, -0.15) is 5.26 Å². The van der Waals surface area contributed by atoms with Crippen molar-refractivity contribution in [3.8, 4) is 28.7 Å². The van der Waals surface area contributed by atoms with Crippen LogP contribution in [0.25, 0.3) is 11.1 Å². The zero-order valence-corrected chi connectivity index (χ0v) is 16.4. The zero-order chi connectivity index (χ0) is 20.2. The van der Waals surface area contributed by atoms with Gasteiger partial charge in [0.05, 0.1) is 25.9 Å². The fourth-order valence-corrected chi connectivity index (χ4v) is 3.45. The second-order valence-electron chi connectivity index (χ2n) is 7.44. The Morgan fingerprint density at radius 1 is 1.14 bits per heavy atom. The molecule has 2 aromatic carbocycles. The normalized spacial score (nSPS) is 16.7. The molecule has 29 heavy (non-hydrogen) atoms. The van der Waals surface area contributed by atoms with E-state index in [2.05, 4.69) is 11.4 Å². The first-order chi connectivity index (χ1) is 14.2. The van der Waals surface area contributed by atoms with Gasteiger partial charge in [0.15, 0.2) is 11.5 Å². The maximum atomic E-state index is 12.1. The number of nitriles is 1. The number of carbonyl (C=O) groups excluding carboxylic acids is 1. The summed E-state index contributed by atoms with van der Waals surface area (Å²) in [5, 5.41) is 12.7. The molecule has 4 rings (SSSR count). The lowest BCUT2D eigenvalue weighted by molar-refractivity contribution is -0.117. The number of methoxy groups -OCH3 is 1. The topological polar surface area (TPSA) is 80.6 Å². The van der Waals surface area contributed by atoms with Crippen LogP contribution in [0.1, 0.15) is 31.2 Å². The van der Waals surface area contributed by atoms with Crippen LogP contribution in [-0.4, -0.2) is 32.3 Å². The van der Waals surface area contributed by atoms with E-state index >= 15 is 0 Å². The number of hydrogen-bond donors (Lipinski definition) is 1. The van der Waals surface area contributed by atoms with E-state index in [9.17, 15) is 10.1 Å². The van der Waals surface area contributed by atoms with Crippen LogP contribution >= 0.6 is 0 Å². The number of nitrogens with one attached hydrogen (secondary N) is 1. The second kappa shape index (κ2) is 8.54. The standard InChI is InChI=1S/C23H24N2O4/c1-27-21-13-17(11-18(14-24)22(21)29-20-7-9-28-10-8-20)16-3-2-4-19(12-16)25-23(26)15-5-6-15/h2-4,11-13,15,20H,5-10H2,1H3,(H,25,26). The molecule has 1 aliphatic carbocycles. The largest absolute Gasteiger partial charge is 0.493 e. The molecule has 0 aromatic heterocycles. The van der Waals surface area contributed by atoms with Crippen LogP contribution in [0.2, 0.25) is 0 Å². The summed E-state index contributed by atoms with van der Waals surface area (Å²) in [7, 11) is 1.57. The number of carbonyl (C=O) groups is 1. The average Bonchev–Trinajstić information content (AvgIpc) is 3.60. The number of ether oxygens (including phenoxy) is 3. The quantitative estimate of drug-likeness (QED) is 0.799. The van der Waals surface area contributed by atoms with Crippen LogP contribution in [0, 0.1) is 17.2 Å². The summed E-state index contributed by atoms with van der Waals surface area (Å²) in [6.45, 7) is 1.32. The first kappa shape index (κ1) is 19.3. The SMILES string of the molecule is COc1cc(-c2cccc(NC(=O)C3CC3)c2)cc(C#N)c1OC1CCOCC1. The van der Waals surface area contributed by atoms with Crippen molar-refractivity contribution in [1.29, 1.82) is 5.26 Å². The summed E-state index contributed by atoms with van der Waals surface area (Å²) < 4.78 is 17.0. The maximum Gasteiger partial charge on any atom is 0.227 e. The molecule has 150 valence electrons. The van der Waals surface area contributed by atoms with Crippen molar-refractivity contribution in [3.05, 3.63) is 42.0 Å². The summed E-state index contributed by atoms with van der Waals surface area (Å²) in [5.74, 6) is 1.21. The molecule has 1 heterocycles. The fourth-order valence-electron chi connectivity index (χ4n) is 3.45. The Labute approximate surface area is 170 Å². The van der Waals surface area contributed by atoms with Crippen LogP contribution in [0.5, 0.6) is 11.5 Å². The molecule has 2 fully saturated rings. The van der Waals surface area contributed by atoms with E-state index in [1.54, 1.807) is 13.2 Å². The van der Waals surface area contributed by atoms with E-state index in [0.29, 0.717) is 30.3 Å². The average molecular weight is 392 g/mol. The molecular weight excluding hydrogens is 368 g/mol. The maximum absolute atomic E-state index is 12.1. The first-order valence-corrected chi connectivity index (χ1v) is 9.96. The number of amides is 1. The van der Waals surface area contributed by atoms with Crippen LogP contribution in [0.15, 0.2) is 36.4 Å². The van der Waals surface area contributed by atoms with Gasteiger partial charge in [-0.1, -0.05) is 12.1 Å². The predicted molar refractivity (Wildman–Crippen MR) is 109 cm³/mol. The van der Waals surface area contributed by atoms with Crippen molar-refractivity contribution in [3.63, 3.8) is 0 Å². The Hall–Kier alpha value is -3.04. The molecular formula is C23H24N2O4. The molecule has 1 saturated heterocycles. The third kappa shape index (κ3) is 4.52. The highest BCUT2D eigenvalue weighted by atomic mass is 16.5. The number of rotatable bonds is 6. The van der Waals surface area contributed by atoms with Gasteiger partial charge in [0.2, 0.25) is 5.91 Å². The van der Waals surface area contributed by atoms with Crippen LogP contribution in [-0.2, 0) is 9.53 Å². The van der Waals surface area contributed by atoms with Crippen molar-refractivity contribution in [2.45, 2.75) is 31.8 Å². The third-order valence-corrected chi connectivity index (χ3v) is 5.26. The Balaban J connectivity index is 1.62. The molecule has 0 bridgehead atoms. The van der Waals surface area contributed by atoms with Crippen molar-refractivity contribution < 1.29 is 19.0 Å². The van der Waals surface area contributed by atoms with Crippen molar-refractivity contribution in [2.24, 2.45) is 5.92 Å². The minimum atomic E-state index is 0.0107. The van der Waals surface area contributed by atoms with E-state index in [1.165, 1.54) is 0 Å². The van der Waals surface area contributed by atoms with Gasteiger partial charge in [-0.25, -0.2) is 0 Å². The predicted octanol–water partition coefficient (Wildman–Crippen LogP) is 4.14. The van der Waals surface area contributed by atoms with E-state index in [0.717, 1.165) is 42.5 Å². The molecule has 2 aliphatic rings. The lowest BCUT2D eigenvalue weighted by Crippen LogP contribution is -2.26. The fraction of sp³-hybridized carbons (Fsp3) is 0.391. The highest BCUT2D eigenvalue weighted by Gasteiger charge is 2.29. The first-order valence-electron chi connectivity index (χ1n) is 9.96. The zero-order valence-electron chi connectivity index (χ0n) is 16.4. The van der Waals surface area contributed by atoms with Crippen molar-refractivity contribution in [2.75, 3.05) is 25.6 Å². The Bertz CT molecular complexity index is 940. The van der Waals surface area contributed by atoms with E-state index < -0.39 is 0 Å². The Morgan fingerprint density at radius 3 is 2.62 bits per heavy atom. The Morgan fingerprint density at radius 2 is 1.93 bits per heavy atom. The van der Waals surface area contributed by atoms with Gasteiger partial charge in [-0.3, -0.25) is 4.79 Å². The highest BCUT2D eigenvalue weighted by molar-refractivity contribution is 5.94. The van der Waals surface area contributed by atoms with Crippen LogP contribution in [0.4, 0.5) is 5.69 Å². The summed E-state index contributed by atoms with van der Waals surface area (Å²) in [4.78, 5) is 12.1. The molecule has 1 amide bonds. The van der Waals surface area contributed by atoms with E-state index in [4.69, 9.17) is 14.2 Å². The molecule has 1 saturated carbocycles. The molecule has 6 nitrogen and oxygen atoms in total. The molecule has 1 N–H and O–H groups in total. The summed E-state index contributed by atoms with van der Waals surface area (Å²) in [5.41, 5.74) is 2.91. The van der Waals surface area contributed by atoms with Gasteiger partial charge >= 0.3 is 0 Å². The summed E-state index contributed by atoms with van der Waals surface area (Å²) >= 11 is 0. The highest BCUT2D eigenvalue weighted by Crippen LogP contribution is 2.38. The van der Waals surface area contributed by atoms with Gasteiger partial charge in [-0.15, -0.1) is 0 Å². The summed E-state index contributed by atoms with van der Waals surface area (Å²) in [6.07, 6.45) is 3.51. The molecule has 2 aromatic rings. The van der Waals surface area contributed by atoms with Gasteiger partial charge < -0.3 is 19.5 Å². The third-order valence-electron chi connectivity index (χ3n) is 5.26. The lowest BCUT2D eigenvalue weighted by atomic mass is 10.0. The molecule has 1 aliphatic heterocycles.